The Morgan fingerprint density at radius 3 is 2.23 bits per heavy atom. The van der Waals surface area contributed by atoms with Crippen LogP contribution in [-0.2, 0) is 26.2 Å². The van der Waals surface area contributed by atoms with E-state index in [-0.39, 0.29) is 35.5 Å². The third-order valence-electron chi connectivity index (χ3n) is 6.03. The first kappa shape index (κ1) is 29.6. The van der Waals surface area contributed by atoms with Crippen molar-refractivity contribution in [2.45, 2.75) is 50.7 Å². The second-order valence-electron chi connectivity index (χ2n) is 9.26. The molecule has 2 amide bonds. The van der Waals surface area contributed by atoms with Crippen LogP contribution in [0, 0.1) is 5.82 Å². The molecule has 8 nitrogen and oxygen atoms in total. The van der Waals surface area contributed by atoms with E-state index in [4.69, 9.17) is 4.74 Å². The van der Waals surface area contributed by atoms with Gasteiger partial charge in [0, 0.05) is 18.7 Å². The Labute approximate surface area is 229 Å². The standard InChI is InChI=1S/C29H34FN3O5S/c1-5-27(29(35)31-21(2)3)32(19-22-14-16-23(30)17-15-22)28(34)20-33(24-10-9-11-25(18-24)38-4)39(36,37)26-12-7-6-8-13-26/h6-18,21,27H,5,19-20H2,1-4H3,(H,31,35). The quantitative estimate of drug-likeness (QED) is 0.358. The summed E-state index contributed by atoms with van der Waals surface area (Å²) in [5.74, 6) is -0.965. The SMILES string of the molecule is CCC(C(=O)NC(C)C)N(Cc1ccc(F)cc1)C(=O)CN(c1cccc(OC)c1)S(=O)(=O)c1ccccc1. The molecule has 1 atom stereocenters. The van der Waals surface area contributed by atoms with Gasteiger partial charge in [-0.15, -0.1) is 0 Å². The molecule has 0 saturated carbocycles. The Hall–Kier alpha value is -3.92. The molecule has 208 valence electrons. The number of rotatable bonds is 12. The first-order valence-electron chi connectivity index (χ1n) is 12.6. The number of halogens is 1. The largest absolute Gasteiger partial charge is 0.497 e. The number of hydrogen-bond acceptors (Lipinski definition) is 5. The van der Waals surface area contributed by atoms with Crippen molar-refractivity contribution in [2.75, 3.05) is 18.0 Å². The predicted molar refractivity (Wildman–Crippen MR) is 148 cm³/mol. The molecule has 39 heavy (non-hydrogen) atoms. The van der Waals surface area contributed by atoms with Crippen molar-refractivity contribution in [2.24, 2.45) is 0 Å². The molecule has 1 N–H and O–H groups in total. The van der Waals surface area contributed by atoms with Gasteiger partial charge in [0.15, 0.2) is 0 Å². The van der Waals surface area contributed by atoms with Crippen LogP contribution >= 0.6 is 0 Å². The van der Waals surface area contributed by atoms with Crippen LogP contribution < -0.4 is 14.4 Å². The summed E-state index contributed by atoms with van der Waals surface area (Å²) in [5.41, 5.74) is 0.826. The highest BCUT2D eigenvalue weighted by Gasteiger charge is 2.34. The van der Waals surface area contributed by atoms with Gasteiger partial charge in [-0.25, -0.2) is 12.8 Å². The lowest BCUT2D eigenvalue weighted by atomic mass is 10.1. The monoisotopic (exact) mass is 555 g/mol. The number of nitrogens with one attached hydrogen (secondary N) is 1. The van der Waals surface area contributed by atoms with Gasteiger partial charge in [0.25, 0.3) is 10.0 Å². The Morgan fingerprint density at radius 1 is 0.974 bits per heavy atom. The molecule has 0 saturated heterocycles. The smallest absolute Gasteiger partial charge is 0.264 e. The Bertz CT molecular complexity index is 1370. The number of carbonyl (C=O) groups is 2. The zero-order valence-electron chi connectivity index (χ0n) is 22.5. The van der Waals surface area contributed by atoms with Crippen molar-refractivity contribution >= 4 is 27.5 Å². The van der Waals surface area contributed by atoms with Crippen molar-refractivity contribution in [1.29, 1.82) is 0 Å². The average molecular weight is 556 g/mol. The fourth-order valence-electron chi connectivity index (χ4n) is 4.10. The highest BCUT2D eigenvalue weighted by atomic mass is 32.2. The number of ether oxygens (including phenoxy) is 1. The van der Waals surface area contributed by atoms with Gasteiger partial charge >= 0.3 is 0 Å². The minimum atomic E-state index is -4.18. The molecular weight excluding hydrogens is 521 g/mol. The van der Waals surface area contributed by atoms with Crippen molar-refractivity contribution in [3.63, 3.8) is 0 Å². The number of anilines is 1. The lowest BCUT2D eigenvalue weighted by Gasteiger charge is -2.33. The fourth-order valence-corrected chi connectivity index (χ4v) is 5.53. The van der Waals surface area contributed by atoms with Gasteiger partial charge in [0.2, 0.25) is 11.8 Å². The van der Waals surface area contributed by atoms with Gasteiger partial charge in [0.05, 0.1) is 17.7 Å². The molecule has 0 aliphatic rings. The highest BCUT2D eigenvalue weighted by Crippen LogP contribution is 2.27. The second kappa shape index (κ2) is 13.2. The van der Waals surface area contributed by atoms with Gasteiger partial charge in [-0.2, -0.15) is 0 Å². The van der Waals surface area contributed by atoms with Crippen LogP contribution in [0.1, 0.15) is 32.8 Å². The molecule has 1 unspecified atom stereocenters. The topological polar surface area (TPSA) is 96.0 Å². The second-order valence-corrected chi connectivity index (χ2v) is 11.1. The van der Waals surface area contributed by atoms with Gasteiger partial charge < -0.3 is 15.0 Å². The molecule has 0 fully saturated rings. The first-order chi connectivity index (χ1) is 18.6. The van der Waals surface area contributed by atoms with E-state index in [0.29, 0.717) is 11.3 Å². The maximum atomic E-state index is 14.0. The van der Waals surface area contributed by atoms with Crippen molar-refractivity contribution in [3.05, 3.63) is 90.2 Å². The molecule has 10 heteroatoms. The molecule has 0 aliphatic carbocycles. The molecule has 0 aliphatic heterocycles. The molecule has 3 rings (SSSR count). The number of methoxy groups -OCH3 is 1. The van der Waals surface area contributed by atoms with Crippen molar-refractivity contribution in [1.82, 2.24) is 10.2 Å². The minimum Gasteiger partial charge on any atom is -0.497 e. The van der Waals surface area contributed by atoms with E-state index in [9.17, 15) is 22.4 Å². The zero-order valence-corrected chi connectivity index (χ0v) is 23.3. The van der Waals surface area contributed by atoms with Crippen molar-refractivity contribution < 1.29 is 27.1 Å². The summed E-state index contributed by atoms with van der Waals surface area (Å²) in [4.78, 5) is 28.4. The van der Waals surface area contributed by atoms with E-state index >= 15 is 0 Å². The van der Waals surface area contributed by atoms with Crippen LogP contribution in [0.5, 0.6) is 5.75 Å². The van der Waals surface area contributed by atoms with Crippen LogP contribution in [0.3, 0.4) is 0 Å². The maximum Gasteiger partial charge on any atom is 0.264 e. The van der Waals surface area contributed by atoms with E-state index in [0.717, 1.165) is 4.31 Å². The molecule has 3 aromatic rings. The Morgan fingerprint density at radius 2 is 1.64 bits per heavy atom. The summed E-state index contributed by atoms with van der Waals surface area (Å²) in [5, 5.41) is 2.84. The van der Waals surface area contributed by atoms with E-state index in [1.807, 2.05) is 13.8 Å². The van der Waals surface area contributed by atoms with Crippen molar-refractivity contribution in [3.8, 4) is 5.75 Å². The minimum absolute atomic E-state index is 0.00953. The summed E-state index contributed by atoms with van der Waals surface area (Å²) >= 11 is 0. The van der Waals surface area contributed by atoms with E-state index in [1.165, 1.54) is 54.5 Å². The summed E-state index contributed by atoms with van der Waals surface area (Å²) in [7, 11) is -2.72. The number of carbonyl (C=O) groups excluding carboxylic acids is 2. The predicted octanol–water partition coefficient (Wildman–Crippen LogP) is 4.36. The molecule has 0 bridgehead atoms. The van der Waals surface area contributed by atoms with Crippen LogP contribution in [0.25, 0.3) is 0 Å². The molecular formula is C29H34FN3O5S. The van der Waals surface area contributed by atoms with E-state index in [2.05, 4.69) is 5.32 Å². The van der Waals surface area contributed by atoms with Gasteiger partial charge in [-0.1, -0.05) is 43.3 Å². The zero-order chi connectivity index (χ0) is 28.6. The highest BCUT2D eigenvalue weighted by molar-refractivity contribution is 7.92. The van der Waals surface area contributed by atoms with E-state index in [1.54, 1.807) is 43.3 Å². The fraction of sp³-hybridized carbons (Fsp3) is 0.310. The summed E-state index contributed by atoms with van der Waals surface area (Å²) in [6.45, 7) is 4.81. The number of sulfonamides is 1. The molecule has 0 spiro atoms. The maximum absolute atomic E-state index is 14.0. The summed E-state index contributed by atoms with van der Waals surface area (Å²) in [6, 6.07) is 18.8. The average Bonchev–Trinajstić information content (AvgIpc) is 2.92. The number of hydrogen-bond donors (Lipinski definition) is 1. The normalized spacial score (nSPS) is 12.1. The lowest BCUT2D eigenvalue weighted by Crippen LogP contribution is -2.53. The third-order valence-corrected chi connectivity index (χ3v) is 7.82. The molecule has 0 radical (unpaired) electrons. The number of benzene rings is 3. The lowest BCUT2D eigenvalue weighted by molar-refractivity contribution is -0.140. The van der Waals surface area contributed by atoms with Crippen LogP contribution in [0.15, 0.2) is 83.8 Å². The summed E-state index contributed by atoms with van der Waals surface area (Å²) < 4.78 is 47.5. The molecule has 0 heterocycles. The molecule has 3 aromatic carbocycles. The Balaban J connectivity index is 2.06. The van der Waals surface area contributed by atoms with Gasteiger partial charge in [-0.05, 0) is 62.2 Å². The third kappa shape index (κ3) is 7.57. The summed E-state index contributed by atoms with van der Waals surface area (Å²) in [6.07, 6.45) is 0.288. The van der Waals surface area contributed by atoms with Gasteiger partial charge in [0.1, 0.15) is 24.2 Å². The van der Waals surface area contributed by atoms with Crippen LogP contribution in [0.2, 0.25) is 0 Å². The Kier molecular flexibility index (Phi) is 10.1. The van der Waals surface area contributed by atoms with Crippen LogP contribution in [-0.4, -0.2) is 50.9 Å². The molecule has 0 aromatic heterocycles. The first-order valence-corrected chi connectivity index (χ1v) is 14.1. The van der Waals surface area contributed by atoms with E-state index < -0.39 is 34.3 Å². The number of amides is 2. The van der Waals surface area contributed by atoms with Crippen LogP contribution in [0.4, 0.5) is 10.1 Å². The number of nitrogens with zero attached hydrogens (tertiary/aromatic N) is 2. The van der Waals surface area contributed by atoms with Gasteiger partial charge in [-0.3, -0.25) is 13.9 Å².